The highest BCUT2D eigenvalue weighted by molar-refractivity contribution is 5.71. The van der Waals surface area contributed by atoms with E-state index in [0.717, 1.165) is 0 Å². The number of nitrogens with zero attached hydrogens (tertiary/aromatic N) is 1. The average molecular weight is 151 g/mol. The van der Waals surface area contributed by atoms with Crippen molar-refractivity contribution in [2.45, 2.75) is 6.04 Å². The highest BCUT2D eigenvalue weighted by atomic mass is 16.5. The molecule has 1 aliphatic carbocycles. The molecule has 0 N–H and O–H groups in total. The van der Waals surface area contributed by atoms with Gasteiger partial charge in [-0.1, -0.05) is 18.2 Å². The zero-order valence-corrected chi connectivity index (χ0v) is 6.23. The van der Waals surface area contributed by atoms with Gasteiger partial charge in [-0.2, -0.15) is 0 Å². The molecule has 0 radical (unpaired) electrons. The molecule has 3 nitrogen and oxygen atoms in total. The summed E-state index contributed by atoms with van der Waals surface area (Å²) in [5.74, 6) is 0.425. The van der Waals surface area contributed by atoms with Gasteiger partial charge >= 0.3 is 6.09 Å². The summed E-state index contributed by atoms with van der Waals surface area (Å²) in [7, 11) is 1.39. The molecule has 3 heteroatoms. The van der Waals surface area contributed by atoms with Crippen LogP contribution in [0.4, 0.5) is 4.79 Å². The molecule has 2 atom stereocenters. The first kappa shape index (κ1) is 6.46. The number of methoxy groups -OCH3 is 1. The Morgan fingerprint density at radius 2 is 2.27 bits per heavy atom. The van der Waals surface area contributed by atoms with Crippen LogP contribution in [-0.4, -0.2) is 24.1 Å². The molecule has 1 amide bonds. The number of carbonyl (C=O) groups excluding carboxylic acids is 1. The van der Waals surface area contributed by atoms with Crippen molar-refractivity contribution in [1.29, 1.82) is 0 Å². The van der Waals surface area contributed by atoms with Crippen LogP contribution in [-0.2, 0) is 4.74 Å². The van der Waals surface area contributed by atoms with Crippen LogP contribution in [0.25, 0.3) is 0 Å². The Hall–Kier alpha value is -1.25. The van der Waals surface area contributed by atoms with Crippen molar-refractivity contribution in [3.8, 4) is 0 Å². The van der Waals surface area contributed by atoms with E-state index in [2.05, 4.69) is 10.8 Å². The highest BCUT2D eigenvalue weighted by Crippen LogP contribution is 2.31. The van der Waals surface area contributed by atoms with Gasteiger partial charge in [-0.15, -0.1) is 0 Å². The summed E-state index contributed by atoms with van der Waals surface area (Å²) in [6.07, 6.45) is 7.58. The molecule has 0 aromatic carbocycles. The molecule has 58 valence electrons. The van der Waals surface area contributed by atoms with Crippen molar-refractivity contribution in [2.24, 2.45) is 5.92 Å². The number of hydrogen-bond acceptors (Lipinski definition) is 2. The maximum atomic E-state index is 11.0. The van der Waals surface area contributed by atoms with E-state index in [0.29, 0.717) is 5.92 Å². The average Bonchev–Trinajstić information content (AvgIpc) is 2.25. The van der Waals surface area contributed by atoms with Crippen LogP contribution in [0, 0.1) is 5.92 Å². The number of fused-ring (bicyclic) bond motifs is 1. The Labute approximate surface area is 64.9 Å². The first-order chi connectivity index (χ1) is 5.33. The molecule has 11 heavy (non-hydrogen) atoms. The summed E-state index contributed by atoms with van der Waals surface area (Å²) in [6, 6.07) is 0.224. The summed E-state index contributed by atoms with van der Waals surface area (Å²) in [4.78, 5) is 12.6. The van der Waals surface area contributed by atoms with Crippen LogP contribution in [0.1, 0.15) is 0 Å². The molecule has 0 unspecified atom stereocenters. The summed E-state index contributed by atoms with van der Waals surface area (Å²) in [5, 5.41) is 0. The molecule has 0 saturated carbocycles. The lowest BCUT2D eigenvalue weighted by Gasteiger charge is -2.28. The van der Waals surface area contributed by atoms with E-state index in [4.69, 9.17) is 0 Å². The highest BCUT2D eigenvalue weighted by Gasteiger charge is 2.35. The second kappa shape index (κ2) is 2.12. The van der Waals surface area contributed by atoms with Gasteiger partial charge in [0.15, 0.2) is 0 Å². The minimum Gasteiger partial charge on any atom is -0.452 e. The van der Waals surface area contributed by atoms with Crippen LogP contribution in [0.2, 0.25) is 0 Å². The Bertz CT molecular complexity index is 244. The van der Waals surface area contributed by atoms with Gasteiger partial charge in [0.05, 0.1) is 13.2 Å². The second-order valence-electron chi connectivity index (χ2n) is 2.67. The first-order valence-corrected chi connectivity index (χ1v) is 3.56. The van der Waals surface area contributed by atoms with Crippen molar-refractivity contribution in [3.05, 3.63) is 24.4 Å². The minimum absolute atomic E-state index is 0.224. The van der Waals surface area contributed by atoms with Crippen LogP contribution in [0.5, 0.6) is 0 Å². The van der Waals surface area contributed by atoms with Gasteiger partial charge in [-0.3, -0.25) is 4.90 Å². The third kappa shape index (κ3) is 0.770. The molecule has 0 aromatic heterocycles. The molecule has 1 aliphatic heterocycles. The van der Waals surface area contributed by atoms with E-state index in [1.807, 2.05) is 12.2 Å². The molecule has 0 fully saturated rings. The standard InChI is InChI=1S/C8H9NO2/c1-11-8(10)9-5-4-6-2-3-7(6)9/h2-7H,1H3/t6-,7+/m1/s1. The van der Waals surface area contributed by atoms with E-state index < -0.39 is 0 Å². The molecule has 2 aliphatic rings. The van der Waals surface area contributed by atoms with Crippen LogP contribution in [0.3, 0.4) is 0 Å². The molecule has 2 rings (SSSR count). The van der Waals surface area contributed by atoms with Crippen molar-refractivity contribution < 1.29 is 9.53 Å². The van der Waals surface area contributed by atoms with Crippen molar-refractivity contribution in [3.63, 3.8) is 0 Å². The van der Waals surface area contributed by atoms with E-state index in [9.17, 15) is 4.79 Å². The molecule has 0 bridgehead atoms. The maximum absolute atomic E-state index is 11.0. The summed E-state index contributed by atoms with van der Waals surface area (Å²) >= 11 is 0. The van der Waals surface area contributed by atoms with E-state index >= 15 is 0 Å². The van der Waals surface area contributed by atoms with Gasteiger partial charge in [0, 0.05) is 12.1 Å². The number of hydrogen-bond donors (Lipinski definition) is 0. The number of amides is 1. The smallest absolute Gasteiger partial charge is 0.414 e. The fraction of sp³-hybridized carbons (Fsp3) is 0.375. The zero-order valence-electron chi connectivity index (χ0n) is 6.23. The number of carbonyl (C=O) groups is 1. The molecular formula is C8H9NO2. The Balaban J connectivity index is 2.12. The predicted molar refractivity (Wildman–Crippen MR) is 39.8 cm³/mol. The van der Waals surface area contributed by atoms with Crippen LogP contribution >= 0.6 is 0 Å². The van der Waals surface area contributed by atoms with E-state index in [1.54, 1.807) is 11.1 Å². The van der Waals surface area contributed by atoms with Gasteiger partial charge in [0.1, 0.15) is 0 Å². The first-order valence-electron chi connectivity index (χ1n) is 3.56. The molecule has 0 saturated heterocycles. The Morgan fingerprint density at radius 1 is 1.45 bits per heavy atom. The Kier molecular flexibility index (Phi) is 1.24. The SMILES string of the molecule is COC(=O)N1C=C[C@H]2C=C[C@@H]21. The third-order valence-electron chi connectivity index (χ3n) is 2.10. The van der Waals surface area contributed by atoms with Gasteiger partial charge in [0.2, 0.25) is 0 Å². The zero-order chi connectivity index (χ0) is 7.84. The monoisotopic (exact) mass is 151 g/mol. The molecule has 1 heterocycles. The molecule has 0 aromatic rings. The molecule has 0 spiro atoms. The normalized spacial score (nSPS) is 31.5. The lowest BCUT2D eigenvalue weighted by Crippen LogP contribution is -2.38. The largest absolute Gasteiger partial charge is 0.452 e. The summed E-state index contributed by atoms with van der Waals surface area (Å²) in [6.45, 7) is 0. The Morgan fingerprint density at radius 3 is 2.73 bits per heavy atom. The number of rotatable bonds is 0. The van der Waals surface area contributed by atoms with Gasteiger partial charge in [0.25, 0.3) is 0 Å². The minimum atomic E-state index is -0.280. The topological polar surface area (TPSA) is 29.5 Å². The fourth-order valence-corrected chi connectivity index (χ4v) is 1.37. The maximum Gasteiger partial charge on any atom is 0.414 e. The van der Waals surface area contributed by atoms with Gasteiger partial charge < -0.3 is 4.74 Å². The van der Waals surface area contributed by atoms with Crippen LogP contribution < -0.4 is 0 Å². The lowest BCUT2D eigenvalue weighted by atomic mass is 9.91. The summed E-state index contributed by atoms with van der Waals surface area (Å²) < 4.78 is 4.59. The van der Waals surface area contributed by atoms with Crippen LogP contribution in [0.15, 0.2) is 24.4 Å². The number of ether oxygens (including phenoxy) is 1. The van der Waals surface area contributed by atoms with Gasteiger partial charge in [-0.05, 0) is 0 Å². The second-order valence-corrected chi connectivity index (χ2v) is 2.67. The molecular weight excluding hydrogens is 142 g/mol. The fourth-order valence-electron chi connectivity index (χ4n) is 1.37. The predicted octanol–water partition coefficient (Wildman–Crippen LogP) is 1.14. The van der Waals surface area contributed by atoms with Gasteiger partial charge in [-0.25, -0.2) is 4.79 Å². The van der Waals surface area contributed by atoms with E-state index in [-0.39, 0.29) is 12.1 Å². The summed E-state index contributed by atoms with van der Waals surface area (Å²) in [5.41, 5.74) is 0. The quantitative estimate of drug-likeness (QED) is 0.486. The lowest BCUT2D eigenvalue weighted by molar-refractivity contribution is 0.131. The van der Waals surface area contributed by atoms with Crippen molar-refractivity contribution in [2.75, 3.05) is 7.11 Å². The van der Waals surface area contributed by atoms with E-state index in [1.165, 1.54) is 7.11 Å². The third-order valence-corrected chi connectivity index (χ3v) is 2.10. The van der Waals surface area contributed by atoms with Crippen molar-refractivity contribution >= 4 is 6.09 Å². The van der Waals surface area contributed by atoms with Crippen molar-refractivity contribution in [1.82, 2.24) is 4.90 Å².